The summed E-state index contributed by atoms with van der Waals surface area (Å²) < 4.78 is 0. The fourth-order valence-corrected chi connectivity index (χ4v) is 2.26. The normalized spacial score (nSPS) is 16.1. The number of anilines is 1. The molecule has 3 N–H and O–H groups in total. The first-order valence-corrected chi connectivity index (χ1v) is 6.78. The Morgan fingerprint density at radius 1 is 1.16 bits per heavy atom. The minimum absolute atomic E-state index is 0.108. The van der Waals surface area contributed by atoms with E-state index in [4.69, 9.17) is 5.73 Å². The van der Waals surface area contributed by atoms with Crippen molar-refractivity contribution in [2.75, 3.05) is 5.32 Å². The number of benzene rings is 1. The van der Waals surface area contributed by atoms with Gasteiger partial charge in [-0.2, -0.15) is 0 Å². The number of hydrogen-bond acceptors (Lipinski definition) is 3. The molecule has 0 unspecified atom stereocenters. The number of hydrogen-bond donors (Lipinski definition) is 2. The van der Waals surface area contributed by atoms with Crippen molar-refractivity contribution in [2.45, 2.75) is 31.8 Å². The third-order valence-electron chi connectivity index (χ3n) is 3.55. The van der Waals surface area contributed by atoms with Crippen molar-refractivity contribution in [3.8, 4) is 0 Å². The van der Waals surface area contributed by atoms with E-state index in [1.165, 1.54) is 12.8 Å². The van der Waals surface area contributed by atoms with E-state index in [0.29, 0.717) is 6.04 Å². The standard InChI is InChI=1S/C16H19N3/c1-11-14(16(17)12-5-3-2-4-6-12)9-10-15(18-11)19-13-7-8-13/h2-6,9-10,13,16H,7-8,17H2,1H3,(H,18,19)/t16-/m0/s1. The van der Waals surface area contributed by atoms with Gasteiger partial charge in [-0.3, -0.25) is 0 Å². The summed E-state index contributed by atoms with van der Waals surface area (Å²) in [7, 11) is 0. The van der Waals surface area contributed by atoms with Gasteiger partial charge in [-0.05, 0) is 37.0 Å². The molecule has 1 aliphatic carbocycles. The van der Waals surface area contributed by atoms with Gasteiger partial charge in [0.15, 0.2) is 0 Å². The van der Waals surface area contributed by atoms with Gasteiger partial charge in [-0.1, -0.05) is 36.4 Å². The molecule has 1 heterocycles. The van der Waals surface area contributed by atoms with Crippen LogP contribution in [0.4, 0.5) is 5.82 Å². The van der Waals surface area contributed by atoms with Crippen molar-refractivity contribution in [1.29, 1.82) is 0 Å². The molecule has 0 radical (unpaired) electrons. The second-order valence-electron chi connectivity index (χ2n) is 5.18. The Morgan fingerprint density at radius 3 is 2.53 bits per heavy atom. The lowest BCUT2D eigenvalue weighted by Crippen LogP contribution is -2.14. The topological polar surface area (TPSA) is 50.9 Å². The fourth-order valence-electron chi connectivity index (χ4n) is 2.26. The molecule has 1 aliphatic rings. The van der Waals surface area contributed by atoms with Gasteiger partial charge in [-0.15, -0.1) is 0 Å². The van der Waals surface area contributed by atoms with Gasteiger partial charge in [0.05, 0.1) is 6.04 Å². The largest absolute Gasteiger partial charge is 0.367 e. The number of rotatable bonds is 4. The highest BCUT2D eigenvalue weighted by Gasteiger charge is 2.21. The summed E-state index contributed by atoms with van der Waals surface area (Å²) in [5.41, 5.74) is 9.53. The summed E-state index contributed by atoms with van der Waals surface area (Å²) in [6, 6.07) is 14.8. The molecule has 1 aromatic carbocycles. The van der Waals surface area contributed by atoms with Crippen LogP contribution < -0.4 is 11.1 Å². The predicted molar refractivity (Wildman–Crippen MR) is 78.1 cm³/mol. The third-order valence-corrected chi connectivity index (χ3v) is 3.55. The van der Waals surface area contributed by atoms with E-state index in [2.05, 4.69) is 28.5 Å². The van der Waals surface area contributed by atoms with Gasteiger partial charge in [0, 0.05) is 11.7 Å². The lowest BCUT2D eigenvalue weighted by Gasteiger charge is -2.15. The van der Waals surface area contributed by atoms with Crippen LogP contribution >= 0.6 is 0 Å². The molecule has 1 fully saturated rings. The lowest BCUT2D eigenvalue weighted by atomic mass is 9.99. The molecule has 0 saturated heterocycles. The molecular weight excluding hydrogens is 234 g/mol. The zero-order chi connectivity index (χ0) is 13.2. The minimum atomic E-state index is -0.108. The van der Waals surface area contributed by atoms with E-state index >= 15 is 0 Å². The number of aromatic nitrogens is 1. The lowest BCUT2D eigenvalue weighted by molar-refractivity contribution is 0.848. The average molecular weight is 253 g/mol. The SMILES string of the molecule is Cc1nc(NC2CC2)ccc1[C@@H](N)c1ccccc1. The third kappa shape index (κ3) is 2.76. The van der Waals surface area contributed by atoms with Crippen molar-refractivity contribution >= 4 is 5.82 Å². The second kappa shape index (κ2) is 5.02. The second-order valence-corrected chi connectivity index (χ2v) is 5.18. The Bertz CT molecular complexity index is 561. The molecule has 3 heteroatoms. The molecule has 3 nitrogen and oxygen atoms in total. The van der Waals surface area contributed by atoms with Crippen molar-refractivity contribution in [2.24, 2.45) is 5.73 Å². The molecule has 19 heavy (non-hydrogen) atoms. The Hall–Kier alpha value is -1.87. The van der Waals surface area contributed by atoms with Crippen LogP contribution in [-0.4, -0.2) is 11.0 Å². The number of nitrogens with zero attached hydrogens (tertiary/aromatic N) is 1. The van der Waals surface area contributed by atoms with E-state index in [1.807, 2.05) is 31.2 Å². The zero-order valence-corrected chi connectivity index (χ0v) is 11.1. The van der Waals surface area contributed by atoms with Gasteiger partial charge in [-0.25, -0.2) is 4.98 Å². The molecule has 1 atom stereocenters. The number of nitrogens with two attached hydrogens (primary N) is 1. The molecular formula is C16H19N3. The summed E-state index contributed by atoms with van der Waals surface area (Å²) in [6.07, 6.45) is 2.51. The first-order valence-electron chi connectivity index (χ1n) is 6.78. The van der Waals surface area contributed by atoms with Gasteiger partial charge in [0.1, 0.15) is 5.82 Å². The zero-order valence-electron chi connectivity index (χ0n) is 11.1. The first-order chi connectivity index (χ1) is 9.24. The summed E-state index contributed by atoms with van der Waals surface area (Å²) in [5, 5.41) is 3.41. The van der Waals surface area contributed by atoms with Crippen LogP contribution in [0, 0.1) is 6.92 Å². The van der Waals surface area contributed by atoms with Crippen LogP contribution in [0.1, 0.15) is 35.7 Å². The predicted octanol–water partition coefficient (Wildman–Crippen LogP) is 3.01. The van der Waals surface area contributed by atoms with Gasteiger partial charge >= 0.3 is 0 Å². The first kappa shape index (κ1) is 12.2. The van der Waals surface area contributed by atoms with Crippen LogP contribution in [-0.2, 0) is 0 Å². The van der Waals surface area contributed by atoms with E-state index in [9.17, 15) is 0 Å². The van der Waals surface area contributed by atoms with Crippen molar-refractivity contribution in [3.63, 3.8) is 0 Å². The van der Waals surface area contributed by atoms with Crippen LogP contribution in [0.5, 0.6) is 0 Å². The Morgan fingerprint density at radius 2 is 1.89 bits per heavy atom. The summed E-state index contributed by atoms with van der Waals surface area (Å²) in [6.45, 7) is 2.02. The van der Waals surface area contributed by atoms with Crippen molar-refractivity contribution < 1.29 is 0 Å². The molecule has 0 amide bonds. The Balaban J connectivity index is 1.84. The quantitative estimate of drug-likeness (QED) is 0.880. The molecule has 2 aromatic rings. The van der Waals surface area contributed by atoms with Gasteiger partial charge in [0.25, 0.3) is 0 Å². The molecule has 0 spiro atoms. The monoisotopic (exact) mass is 253 g/mol. The van der Waals surface area contributed by atoms with Crippen LogP contribution in [0.25, 0.3) is 0 Å². The highest BCUT2D eigenvalue weighted by atomic mass is 15.0. The molecule has 1 saturated carbocycles. The molecule has 1 aromatic heterocycles. The number of pyridine rings is 1. The summed E-state index contributed by atoms with van der Waals surface area (Å²) >= 11 is 0. The number of nitrogens with one attached hydrogen (secondary N) is 1. The highest BCUT2D eigenvalue weighted by molar-refractivity contribution is 5.43. The fraction of sp³-hybridized carbons (Fsp3) is 0.312. The van der Waals surface area contributed by atoms with Crippen LogP contribution in [0.2, 0.25) is 0 Å². The smallest absolute Gasteiger partial charge is 0.126 e. The summed E-state index contributed by atoms with van der Waals surface area (Å²) in [4.78, 5) is 4.61. The van der Waals surface area contributed by atoms with Crippen LogP contribution in [0.15, 0.2) is 42.5 Å². The van der Waals surface area contributed by atoms with E-state index in [1.54, 1.807) is 0 Å². The Kier molecular flexibility index (Phi) is 3.22. The van der Waals surface area contributed by atoms with Crippen LogP contribution in [0.3, 0.4) is 0 Å². The van der Waals surface area contributed by atoms with Crippen molar-refractivity contribution in [3.05, 3.63) is 59.3 Å². The van der Waals surface area contributed by atoms with E-state index < -0.39 is 0 Å². The molecule has 98 valence electrons. The summed E-state index contributed by atoms with van der Waals surface area (Å²) in [5.74, 6) is 0.962. The average Bonchev–Trinajstić information content (AvgIpc) is 3.23. The van der Waals surface area contributed by atoms with Gasteiger partial charge < -0.3 is 11.1 Å². The molecule has 0 aliphatic heterocycles. The maximum atomic E-state index is 6.32. The van der Waals surface area contributed by atoms with Crippen molar-refractivity contribution in [1.82, 2.24) is 4.98 Å². The highest BCUT2D eigenvalue weighted by Crippen LogP contribution is 2.26. The minimum Gasteiger partial charge on any atom is -0.367 e. The maximum Gasteiger partial charge on any atom is 0.126 e. The number of aryl methyl sites for hydroxylation is 1. The Labute approximate surface area is 113 Å². The van der Waals surface area contributed by atoms with E-state index in [0.717, 1.165) is 22.6 Å². The van der Waals surface area contributed by atoms with Gasteiger partial charge in [0.2, 0.25) is 0 Å². The molecule has 3 rings (SSSR count). The maximum absolute atomic E-state index is 6.32. The molecule has 0 bridgehead atoms. The van der Waals surface area contributed by atoms with E-state index in [-0.39, 0.29) is 6.04 Å².